The molecular formula is C14H15N3O3. The average molecular weight is 273 g/mol. The summed E-state index contributed by atoms with van der Waals surface area (Å²) >= 11 is 0. The normalized spacial score (nSPS) is 9.95. The molecule has 0 amide bonds. The fraction of sp³-hybridized carbons (Fsp3) is 0.214. The third-order valence-electron chi connectivity index (χ3n) is 2.58. The predicted octanol–water partition coefficient (Wildman–Crippen LogP) is 2.12. The van der Waals surface area contributed by atoms with E-state index < -0.39 is 5.97 Å². The molecule has 0 aliphatic heterocycles. The molecule has 0 N–H and O–H groups in total. The zero-order valence-corrected chi connectivity index (χ0v) is 11.5. The smallest absolute Gasteiger partial charge is 0.358 e. The van der Waals surface area contributed by atoms with E-state index in [0.717, 1.165) is 5.69 Å². The number of benzene rings is 1. The van der Waals surface area contributed by atoms with Crippen molar-refractivity contribution in [3.63, 3.8) is 0 Å². The highest BCUT2D eigenvalue weighted by Gasteiger charge is 2.08. The van der Waals surface area contributed by atoms with Gasteiger partial charge in [-0.2, -0.15) is 0 Å². The van der Waals surface area contributed by atoms with Crippen LogP contribution in [-0.2, 0) is 4.74 Å². The van der Waals surface area contributed by atoms with Crippen molar-refractivity contribution in [2.45, 2.75) is 0 Å². The van der Waals surface area contributed by atoms with Crippen molar-refractivity contribution in [2.75, 3.05) is 26.1 Å². The van der Waals surface area contributed by atoms with Gasteiger partial charge in [-0.1, -0.05) is 6.07 Å². The maximum Gasteiger partial charge on any atom is 0.358 e. The van der Waals surface area contributed by atoms with Crippen LogP contribution < -0.4 is 9.64 Å². The van der Waals surface area contributed by atoms with Gasteiger partial charge in [0.05, 0.1) is 19.5 Å². The van der Waals surface area contributed by atoms with Gasteiger partial charge < -0.3 is 14.4 Å². The Morgan fingerprint density at radius 1 is 1.20 bits per heavy atom. The highest BCUT2D eigenvalue weighted by molar-refractivity contribution is 5.86. The van der Waals surface area contributed by atoms with E-state index in [4.69, 9.17) is 4.74 Å². The summed E-state index contributed by atoms with van der Waals surface area (Å²) in [6.07, 6.45) is 2.70. The number of hydrogen-bond donors (Lipinski definition) is 0. The molecule has 2 aromatic rings. The van der Waals surface area contributed by atoms with Gasteiger partial charge in [-0.15, -0.1) is 0 Å². The Bertz CT molecular complexity index is 597. The summed E-state index contributed by atoms with van der Waals surface area (Å²) in [7, 11) is 5.19. The summed E-state index contributed by atoms with van der Waals surface area (Å²) < 4.78 is 10.1. The molecule has 0 spiro atoms. The van der Waals surface area contributed by atoms with Gasteiger partial charge in [0.25, 0.3) is 0 Å². The summed E-state index contributed by atoms with van der Waals surface area (Å²) in [5.41, 5.74) is 1.16. The summed E-state index contributed by atoms with van der Waals surface area (Å²) in [4.78, 5) is 21.2. The number of hydrogen-bond acceptors (Lipinski definition) is 6. The van der Waals surface area contributed by atoms with E-state index in [9.17, 15) is 4.79 Å². The van der Waals surface area contributed by atoms with Gasteiger partial charge in [-0.25, -0.2) is 14.8 Å². The topological polar surface area (TPSA) is 64.6 Å². The molecule has 0 saturated carbocycles. The van der Waals surface area contributed by atoms with Crippen LogP contribution in [0.2, 0.25) is 0 Å². The minimum Gasteiger partial charge on any atom is -0.464 e. The Labute approximate surface area is 117 Å². The van der Waals surface area contributed by atoms with Crippen LogP contribution in [0.1, 0.15) is 10.5 Å². The highest BCUT2D eigenvalue weighted by Crippen LogP contribution is 2.23. The first-order chi connectivity index (χ1) is 9.60. The number of methoxy groups -OCH3 is 1. The van der Waals surface area contributed by atoms with E-state index in [1.54, 1.807) is 0 Å². The molecule has 104 valence electrons. The first kappa shape index (κ1) is 13.8. The molecule has 1 heterocycles. The number of rotatable bonds is 4. The molecular weight excluding hydrogens is 258 g/mol. The molecule has 1 aromatic carbocycles. The van der Waals surface area contributed by atoms with Gasteiger partial charge >= 0.3 is 5.97 Å². The van der Waals surface area contributed by atoms with Crippen LogP contribution in [0.5, 0.6) is 11.6 Å². The Kier molecular flexibility index (Phi) is 4.14. The molecule has 0 aliphatic carbocycles. The van der Waals surface area contributed by atoms with Crippen molar-refractivity contribution in [3.8, 4) is 11.6 Å². The number of aromatic nitrogens is 2. The molecule has 0 atom stereocenters. The minimum absolute atomic E-state index is 0.141. The summed E-state index contributed by atoms with van der Waals surface area (Å²) in [5, 5.41) is 0. The quantitative estimate of drug-likeness (QED) is 0.795. The molecule has 20 heavy (non-hydrogen) atoms. The van der Waals surface area contributed by atoms with Gasteiger partial charge in [0, 0.05) is 25.8 Å². The zero-order valence-electron chi connectivity index (χ0n) is 11.5. The largest absolute Gasteiger partial charge is 0.464 e. The Morgan fingerprint density at radius 3 is 2.60 bits per heavy atom. The lowest BCUT2D eigenvalue weighted by Gasteiger charge is -2.13. The predicted molar refractivity (Wildman–Crippen MR) is 74.2 cm³/mol. The molecule has 2 rings (SSSR count). The van der Waals surface area contributed by atoms with Gasteiger partial charge in [0.2, 0.25) is 5.88 Å². The van der Waals surface area contributed by atoms with Crippen LogP contribution in [0.3, 0.4) is 0 Å². The van der Waals surface area contributed by atoms with E-state index in [1.807, 2.05) is 43.3 Å². The number of ether oxygens (including phenoxy) is 2. The lowest BCUT2D eigenvalue weighted by atomic mass is 10.3. The van der Waals surface area contributed by atoms with E-state index in [0.29, 0.717) is 11.6 Å². The zero-order chi connectivity index (χ0) is 14.5. The number of anilines is 1. The van der Waals surface area contributed by atoms with E-state index in [-0.39, 0.29) is 5.69 Å². The van der Waals surface area contributed by atoms with Crippen LogP contribution in [0.4, 0.5) is 5.69 Å². The van der Waals surface area contributed by atoms with Crippen LogP contribution in [-0.4, -0.2) is 37.1 Å². The molecule has 0 radical (unpaired) electrons. The van der Waals surface area contributed by atoms with Crippen LogP contribution in [0, 0.1) is 0 Å². The van der Waals surface area contributed by atoms with E-state index in [2.05, 4.69) is 14.7 Å². The third-order valence-corrected chi connectivity index (χ3v) is 2.58. The summed E-state index contributed by atoms with van der Waals surface area (Å²) in [6, 6.07) is 7.57. The average Bonchev–Trinajstić information content (AvgIpc) is 2.47. The minimum atomic E-state index is -0.529. The number of carbonyl (C=O) groups is 1. The fourth-order valence-corrected chi connectivity index (χ4v) is 1.52. The van der Waals surface area contributed by atoms with Crippen molar-refractivity contribution in [1.82, 2.24) is 9.97 Å². The first-order valence-corrected chi connectivity index (χ1v) is 5.96. The Hall–Kier alpha value is -2.63. The summed E-state index contributed by atoms with van der Waals surface area (Å²) in [5.74, 6) is 0.434. The van der Waals surface area contributed by atoms with Crippen molar-refractivity contribution in [1.29, 1.82) is 0 Å². The lowest BCUT2D eigenvalue weighted by molar-refractivity contribution is 0.0593. The van der Waals surface area contributed by atoms with Crippen LogP contribution >= 0.6 is 0 Å². The molecule has 0 bridgehead atoms. The standard InChI is InChI=1S/C14H15N3O3/c1-17(2)10-5-4-6-11(7-10)20-13-9-15-12(8-16-13)14(18)19-3/h4-9H,1-3H3. The molecule has 6 nitrogen and oxygen atoms in total. The van der Waals surface area contributed by atoms with Crippen molar-refractivity contribution >= 4 is 11.7 Å². The first-order valence-electron chi connectivity index (χ1n) is 5.96. The van der Waals surface area contributed by atoms with E-state index in [1.165, 1.54) is 19.5 Å². The number of carbonyl (C=O) groups excluding carboxylic acids is 1. The van der Waals surface area contributed by atoms with Gasteiger partial charge in [0.15, 0.2) is 5.69 Å². The van der Waals surface area contributed by atoms with Gasteiger partial charge in [-0.3, -0.25) is 0 Å². The third kappa shape index (κ3) is 3.23. The van der Waals surface area contributed by atoms with Crippen molar-refractivity contribution in [3.05, 3.63) is 42.4 Å². The molecule has 0 aliphatic rings. The molecule has 0 saturated heterocycles. The maximum absolute atomic E-state index is 11.2. The molecule has 1 aromatic heterocycles. The molecule has 0 unspecified atom stereocenters. The second-order valence-corrected chi connectivity index (χ2v) is 4.23. The fourth-order valence-electron chi connectivity index (χ4n) is 1.52. The molecule has 6 heteroatoms. The molecule has 0 fully saturated rings. The maximum atomic E-state index is 11.2. The SMILES string of the molecule is COC(=O)c1cnc(Oc2cccc(N(C)C)c2)cn1. The Balaban J connectivity index is 2.14. The van der Waals surface area contributed by atoms with Crippen LogP contribution in [0.15, 0.2) is 36.7 Å². The second kappa shape index (κ2) is 6.01. The van der Waals surface area contributed by atoms with Crippen molar-refractivity contribution in [2.24, 2.45) is 0 Å². The van der Waals surface area contributed by atoms with E-state index >= 15 is 0 Å². The lowest BCUT2D eigenvalue weighted by Crippen LogP contribution is -2.08. The second-order valence-electron chi connectivity index (χ2n) is 4.23. The van der Waals surface area contributed by atoms with Gasteiger partial charge in [0.1, 0.15) is 5.75 Å². The van der Waals surface area contributed by atoms with Gasteiger partial charge in [-0.05, 0) is 12.1 Å². The van der Waals surface area contributed by atoms with Crippen molar-refractivity contribution < 1.29 is 14.3 Å². The Morgan fingerprint density at radius 2 is 2.00 bits per heavy atom. The number of nitrogens with zero attached hydrogens (tertiary/aromatic N) is 3. The number of esters is 1. The van der Waals surface area contributed by atoms with Crippen LogP contribution in [0.25, 0.3) is 0 Å². The monoisotopic (exact) mass is 273 g/mol. The highest BCUT2D eigenvalue weighted by atomic mass is 16.5. The summed E-state index contributed by atoms with van der Waals surface area (Å²) in [6.45, 7) is 0.